The van der Waals surface area contributed by atoms with Crippen molar-refractivity contribution in [2.45, 2.75) is 18.8 Å². The summed E-state index contributed by atoms with van der Waals surface area (Å²) < 4.78 is 45.7. The molecule has 1 heterocycles. The summed E-state index contributed by atoms with van der Waals surface area (Å²) in [5.74, 6) is -0.102. The molecule has 0 saturated carbocycles. The summed E-state index contributed by atoms with van der Waals surface area (Å²) in [6, 6.07) is 11.3. The Balaban J connectivity index is 1.49. The van der Waals surface area contributed by atoms with Crippen LogP contribution in [0.3, 0.4) is 0 Å². The average molecular weight is 447 g/mol. The van der Waals surface area contributed by atoms with Crippen LogP contribution in [0.15, 0.2) is 48.5 Å². The van der Waals surface area contributed by atoms with Crippen LogP contribution in [0.4, 0.5) is 18.0 Å². The van der Waals surface area contributed by atoms with Gasteiger partial charge >= 0.3 is 12.3 Å². The van der Waals surface area contributed by atoms with Crippen LogP contribution in [0.1, 0.15) is 17.2 Å². The molecule has 2 aromatic carbocycles. The van der Waals surface area contributed by atoms with E-state index in [-0.39, 0.29) is 34.7 Å². The third kappa shape index (κ3) is 5.78. The molecule has 0 bridgehead atoms. The molecule has 1 saturated heterocycles. The number of benzene rings is 2. The normalized spacial score (nSPS) is 15.7. The molecule has 0 spiro atoms. The van der Waals surface area contributed by atoms with Crippen LogP contribution in [0.25, 0.3) is 0 Å². The molecule has 1 atom stereocenters. The van der Waals surface area contributed by atoms with Crippen molar-refractivity contribution < 1.29 is 22.7 Å². The molecule has 1 aliphatic heterocycles. The maximum Gasteiger partial charge on any atom is 0.410 e. The number of hydrogen-bond acceptors (Lipinski definition) is 3. The SMILES string of the molecule is O=C(OCc1ccccc1)N1CC(CNC(c2ccc(Cl)cc2Cl)C(F)(F)F)C1. The molecule has 2 aromatic rings. The summed E-state index contributed by atoms with van der Waals surface area (Å²) in [6.07, 6.45) is -4.99. The second-order valence-electron chi connectivity index (χ2n) is 6.86. The Kier molecular flexibility index (Phi) is 6.93. The number of carbonyl (C=O) groups is 1. The van der Waals surface area contributed by atoms with Gasteiger partial charge in [-0.15, -0.1) is 0 Å². The fraction of sp³-hybridized carbons (Fsp3) is 0.350. The van der Waals surface area contributed by atoms with Gasteiger partial charge in [0, 0.05) is 35.6 Å². The van der Waals surface area contributed by atoms with Crippen LogP contribution in [0, 0.1) is 5.92 Å². The lowest BCUT2D eigenvalue weighted by Crippen LogP contribution is -2.54. The minimum absolute atomic E-state index is 0.0490. The van der Waals surface area contributed by atoms with Crippen LogP contribution >= 0.6 is 23.2 Å². The van der Waals surface area contributed by atoms with E-state index in [0.717, 1.165) is 5.56 Å². The lowest BCUT2D eigenvalue weighted by atomic mass is 9.99. The Hall–Kier alpha value is -1.96. The Bertz CT molecular complexity index is 843. The van der Waals surface area contributed by atoms with Gasteiger partial charge in [0.1, 0.15) is 12.6 Å². The highest BCUT2D eigenvalue weighted by Gasteiger charge is 2.42. The second kappa shape index (κ2) is 9.24. The van der Waals surface area contributed by atoms with E-state index in [4.69, 9.17) is 27.9 Å². The van der Waals surface area contributed by atoms with E-state index in [2.05, 4.69) is 5.32 Å². The topological polar surface area (TPSA) is 41.6 Å². The van der Waals surface area contributed by atoms with Crippen molar-refractivity contribution in [2.75, 3.05) is 19.6 Å². The zero-order valence-corrected chi connectivity index (χ0v) is 16.8. The second-order valence-corrected chi connectivity index (χ2v) is 7.70. The van der Waals surface area contributed by atoms with E-state index in [0.29, 0.717) is 13.1 Å². The summed E-state index contributed by atoms with van der Waals surface area (Å²) in [6.45, 7) is 0.912. The molecule has 0 aliphatic carbocycles. The van der Waals surface area contributed by atoms with Crippen LogP contribution < -0.4 is 5.32 Å². The summed E-state index contributed by atoms with van der Waals surface area (Å²) in [5, 5.41) is 2.74. The largest absolute Gasteiger partial charge is 0.445 e. The highest BCUT2D eigenvalue weighted by atomic mass is 35.5. The Labute approximate surface area is 176 Å². The minimum Gasteiger partial charge on any atom is -0.445 e. The van der Waals surface area contributed by atoms with Crippen LogP contribution in [-0.4, -0.2) is 36.8 Å². The number of halogens is 5. The van der Waals surface area contributed by atoms with Crippen molar-refractivity contribution in [1.82, 2.24) is 10.2 Å². The number of carbonyl (C=O) groups excluding carboxylic acids is 1. The number of rotatable bonds is 6. The molecule has 1 aliphatic rings. The highest BCUT2D eigenvalue weighted by Crippen LogP contribution is 2.37. The first-order chi connectivity index (χ1) is 13.7. The number of ether oxygens (including phenoxy) is 1. The van der Waals surface area contributed by atoms with Crippen molar-refractivity contribution >= 4 is 29.3 Å². The third-order valence-corrected chi connectivity index (χ3v) is 5.19. The monoisotopic (exact) mass is 446 g/mol. The van der Waals surface area contributed by atoms with E-state index in [1.807, 2.05) is 30.3 Å². The van der Waals surface area contributed by atoms with E-state index in [1.165, 1.54) is 23.1 Å². The van der Waals surface area contributed by atoms with Crippen molar-refractivity contribution in [1.29, 1.82) is 0 Å². The zero-order chi connectivity index (χ0) is 21.0. The van der Waals surface area contributed by atoms with E-state index >= 15 is 0 Å². The number of alkyl halides is 3. The Morgan fingerprint density at radius 3 is 2.48 bits per heavy atom. The van der Waals surface area contributed by atoms with Crippen molar-refractivity contribution in [2.24, 2.45) is 5.92 Å². The van der Waals surface area contributed by atoms with Crippen molar-refractivity contribution in [3.8, 4) is 0 Å². The van der Waals surface area contributed by atoms with E-state index < -0.39 is 18.3 Å². The molecule has 0 aromatic heterocycles. The first kappa shape index (κ1) is 21.7. The van der Waals surface area contributed by atoms with Gasteiger partial charge in [-0.05, 0) is 23.3 Å². The highest BCUT2D eigenvalue weighted by molar-refractivity contribution is 6.35. The fourth-order valence-electron chi connectivity index (χ4n) is 3.08. The molecule has 3 rings (SSSR count). The van der Waals surface area contributed by atoms with Gasteiger partial charge in [0.15, 0.2) is 0 Å². The fourth-order valence-corrected chi connectivity index (χ4v) is 3.60. The smallest absolute Gasteiger partial charge is 0.410 e. The number of nitrogens with zero attached hydrogens (tertiary/aromatic N) is 1. The van der Waals surface area contributed by atoms with E-state index in [1.54, 1.807) is 0 Å². The van der Waals surface area contributed by atoms with Gasteiger partial charge < -0.3 is 15.0 Å². The predicted molar refractivity (Wildman–Crippen MR) is 105 cm³/mol. The van der Waals surface area contributed by atoms with Crippen LogP contribution in [0.5, 0.6) is 0 Å². The first-order valence-corrected chi connectivity index (χ1v) is 9.70. The summed E-state index contributed by atoms with van der Waals surface area (Å²) >= 11 is 11.7. The van der Waals surface area contributed by atoms with E-state index in [9.17, 15) is 18.0 Å². The molecule has 1 amide bonds. The number of nitrogens with one attached hydrogen (secondary N) is 1. The van der Waals surface area contributed by atoms with Gasteiger partial charge in [-0.3, -0.25) is 0 Å². The summed E-state index contributed by atoms with van der Waals surface area (Å²) in [7, 11) is 0. The maximum absolute atomic E-state index is 13.5. The minimum atomic E-state index is -4.52. The maximum atomic E-state index is 13.5. The molecule has 1 unspecified atom stereocenters. The molecule has 0 radical (unpaired) electrons. The molecule has 29 heavy (non-hydrogen) atoms. The van der Waals surface area contributed by atoms with Crippen molar-refractivity contribution in [3.63, 3.8) is 0 Å². The number of hydrogen-bond donors (Lipinski definition) is 1. The van der Waals surface area contributed by atoms with Crippen LogP contribution in [-0.2, 0) is 11.3 Å². The van der Waals surface area contributed by atoms with Gasteiger partial charge in [0.25, 0.3) is 0 Å². The molecule has 9 heteroatoms. The summed E-state index contributed by atoms with van der Waals surface area (Å²) in [4.78, 5) is 13.5. The van der Waals surface area contributed by atoms with Gasteiger partial charge in [0.05, 0.1) is 0 Å². The number of amides is 1. The molecule has 156 valence electrons. The standard InChI is InChI=1S/C20H19Cl2F3N2O2/c21-15-6-7-16(17(22)8-15)18(20(23,24)25)26-9-14-10-27(11-14)19(28)29-12-13-4-2-1-3-5-13/h1-8,14,18,26H,9-12H2. The molecular formula is C20H19Cl2F3N2O2. The van der Waals surface area contributed by atoms with Gasteiger partial charge in [-0.1, -0.05) is 59.6 Å². The van der Waals surface area contributed by atoms with Crippen molar-refractivity contribution in [3.05, 3.63) is 69.7 Å². The first-order valence-electron chi connectivity index (χ1n) is 8.94. The van der Waals surface area contributed by atoms with Gasteiger partial charge in [-0.25, -0.2) is 4.79 Å². The predicted octanol–water partition coefficient (Wildman–Crippen LogP) is 5.46. The Morgan fingerprint density at radius 1 is 1.17 bits per heavy atom. The quantitative estimate of drug-likeness (QED) is 0.640. The van der Waals surface area contributed by atoms with Gasteiger partial charge in [0.2, 0.25) is 0 Å². The lowest BCUT2D eigenvalue weighted by molar-refractivity contribution is -0.158. The van der Waals surface area contributed by atoms with Crippen LogP contribution in [0.2, 0.25) is 10.0 Å². The molecule has 1 fully saturated rings. The molecule has 4 nitrogen and oxygen atoms in total. The Morgan fingerprint density at radius 2 is 1.86 bits per heavy atom. The molecule has 1 N–H and O–H groups in total. The van der Waals surface area contributed by atoms with Gasteiger partial charge in [-0.2, -0.15) is 13.2 Å². The lowest BCUT2D eigenvalue weighted by Gasteiger charge is -2.39. The molecular weight excluding hydrogens is 428 g/mol. The average Bonchev–Trinajstić information content (AvgIpc) is 2.62. The summed E-state index contributed by atoms with van der Waals surface area (Å²) in [5.41, 5.74) is 0.787. The number of likely N-dealkylation sites (tertiary alicyclic amines) is 1. The third-order valence-electron chi connectivity index (χ3n) is 4.63. The zero-order valence-electron chi connectivity index (χ0n) is 15.3.